The maximum Gasteiger partial charge on any atom is 0.222 e. The van der Waals surface area contributed by atoms with Crippen LogP contribution in [0.25, 0.3) is 0 Å². The van der Waals surface area contributed by atoms with E-state index < -0.39 is 11.5 Å². The highest BCUT2D eigenvalue weighted by Crippen LogP contribution is 2.30. The number of benzene rings is 1. The molecule has 0 aliphatic carbocycles. The number of hydrogen-bond acceptors (Lipinski definition) is 6. The molecule has 0 spiro atoms. The zero-order valence-electron chi connectivity index (χ0n) is 12.0. The minimum Gasteiger partial charge on any atom is -0.566 e. The minimum atomic E-state index is -1.50. The lowest BCUT2D eigenvalue weighted by Gasteiger charge is -2.32. The molecule has 6 nitrogen and oxygen atoms in total. The molecular formula is C14H20N4O2S. The fourth-order valence-electron chi connectivity index (χ4n) is 2.79. The van der Waals surface area contributed by atoms with Crippen LogP contribution >= 0.6 is 0 Å². The summed E-state index contributed by atoms with van der Waals surface area (Å²) < 4.78 is 24.1. The molecule has 2 atom stereocenters. The third-order valence-electron chi connectivity index (χ3n) is 4.01. The first kappa shape index (κ1) is 14.5. The van der Waals surface area contributed by atoms with Gasteiger partial charge in [-0.1, -0.05) is 12.5 Å². The predicted molar refractivity (Wildman–Crippen MR) is 84.7 cm³/mol. The topological polar surface area (TPSA) is 85.9 Å². The van der Waals surface area contributed by atoms with E-state index in [1.165, 1.54) is 12.8 Å². The van der Waals surface area contributed by atoms with Crippen LogP contribution in [0.15, 0.2) is 22.6 Å². The first-order chi connectivity index (χ1) is 10.1. The van der Waals surface area contributed by atoms with E-state index in [2.05, 4.69) is 21.1 Å². The third-order valence-corrected chi connectivity index (χ3v) is 4.77. The lowest BCUT2D eigenvalue weighted by Crippen LogP contribution is -2.40. The first-order valence-electron chi connectivity index (χ1n) is 7.14. The van der Waals surface area contributed by atoms with Crippen molar-refractivity contribution in [2.75, 3.05) is 24.9 Å². The van der Waals surface area contributed by atoms with Gasteiger partial charge in [-0.2, -0.15) is 4.72 Å². The number of nitrogens with one attached hydrogen (secondary N) is 1. The summed E-state index contributed by atoms with van der Waals surface area (Å²) in [7, 11) is 2.13. The predicted octanol–water partition coefficient (Wildman–Crippen LogP) is 1.26. The zero-order chi connectivity index (χ0) is 14.8. The van der Waals surface area contributed by atoms with E-state index >= 15 is 0 Å². The highest BCUT2D eigenvalue weighted by Gasteiger charge is 2.26. The molecule has 0 bridgehead atoms. The monoisotopic (exact) mass is 308 g/mol. The van der Waals surface area contributed by atoms with Crippen LogP contribution in [0.5, 0.6) is 5.75 Å². The highest BCUT2D eigenvalue weighted by molar-refractivity contribution is 7.91. The van der Waals surface area contributed by atoms with Crippen molar-refractivity contribution in [3.05, 3.63) is 23.8 Å². The smallest absolute Gasteiger partial charge is 0.222 e. The van der Waals surface area contributed by atoms with E-state index in [0.717, 1.165) is 13.0 Å². The molecule has 1 aromatic carbocycles. The van der Waals surface area contributed by atoms with Crippen LogP contribution in [0.4, 0.5) is 5.69 Å². The number of nitrogens with zero attached hydrogens (tertiary/aromatic N) is 2. The van der Waals surface area contributed by atoms with Gasteiger partial charge in [0.25, 0.3) is 0 Å². The Hall–Kier alpha value is -1.44. The Balaban J connectivity index is 1.75. The van der Waals surface area contributed by atoms with Crippen LogP contribution in [-0.2, 0) is 11.5 Å². The van der Waals surface area contributed by atoms with Crippen LogP contribution in [0.2, 0.25) is 0 Å². The molecule has 114 valence electrons. The summed E-state index contributed by atoms with van der Waals surface area (Å²) in [6.45, 7) is 1.74. The van der Waals surface area contributed by atoms with E-state index in [4.69, 9.17) is 10.5 Å². The Labute approximate surface area is 127 Å². The van der Waals surface area contributed by atoms with E-state index in [1.807, 2.05) is 18.2 Å². The first-order valence-corrected chi connectivity index (χ1v) is 8.25. The van der Waals surface area contributed by atoms with Crippen molar-refractivity contribution in [3.63, 3.8) is 0 Å². The number of ether oxygens (including phenoxy) is 1. The minimum absolute atomic E-state index is 0.259. The molecule has 1 aromatic rings. The highest BCUT2D eigenvalue weighted by atomic mass is 32.2. The van der Waals surface area contributed by atoms with E-state index in [0.29, 0.717) is 29.6 Å². The molecule has 2 aliphatic heterocycles. The molecule has 21 heavy (non-hydrogen) atoms. The van der Waals surface area contributed by atoms with E-state index in [9.17, 15) is 4.55 Å². The van der Waals surface area contributed by atoms with Gasteiger partial charge in [0.15, 0.2) is 5.84 Å². The Kier molecular flexibility index (Phi) is 4.23. The average Bonchev–Trinajstić information content (AvgIpc) is 2.45. The molecule has 2 heterocycles. The van der Waals surface area contributed by atoms with Crippen molar-refractivity contribution in [2.45, 2.75) is 25.3 Å². The average molecular weight is 308 g/mol. The summed E-state index contributed by atoms with van der Waals surface area (Å²) >= 11 is -1.50. The number of piperidine rings is 1. The summed E-state index contributed by atoms with van der Waals surface area (Å²) in [5.74, 6) is 0.951. The summed E-state index contributed by atoms with van der Waals surface area (Å²) in [6.07, 6.45) is 3.65. The quantitative estimate of drug-likeness (QED) is 0.821. The SMILES string of the molecule is CN1CCCCC1COc1cccc2c1C(N)=N[S+]([O-])N2. The van der Waals surface area contributed by atoms with Crippen LogP contribution in [-0.4, -0.2) is 41.5 Å². The van der Waals surface area contributed by atoms with Gasteiger partial charge < -0.3 is 19.9 Å². The number of fused-ring (bicyclic) bond motifs is 1. The maximum absolute atomic E-state index is 11.5. The lowest BCUT2D eigenvalue weighted by molar-refractivity contribution is 0.125. The number of likely N-dealkylation sites (N-methyl/N-ethyl adjacent to an activating group) is 1. The molecule has 7 heteroatoms. The van der Waals surface area contributed by atoms with Crippen LogP contribution in [0.1, 0.15) is 24.8 Å². The lowest BCUT2D eigenvalue weighted by atomic mass is 10.0. The second-order valence-corrected chi connectivity index (χ2v) is 6.33. The second kappa shape index (κ2) is 6.13. The fourth-order valence-corrected chi connectivity index (χ4v) is 3.47. The Morgan fingerprint density at radius 3 is 3.19 bits per heavy atom. The molecule has 0 aromatic heterocycles. The molecule has 2 unspecified atom stereocenters. The Bertz CT molecular complexity index is 552. The van der Waals surface area contributed by atoms with Crippen molar-refractivity contribution >= 4 is 23.1 Å². The zero-order valence-corrected chi connectivity index (χ0v) is 12.9. The number of likely N-dealkylation sites (tertiary alicyclic amines) is 1. The van der Waals surface area contributed by atoms with E-state index in [1.54, 1.807) is 0 Å². The standard InChI is InChI=1S/C14H20N4O2S/c1-18-8-3-2-5-10(18)9-20-12-7-4-6-11-13(12)14(15)17-21(19)16-11/h4,6-7,10,16H,2-3,5,8-9H2,1H3,(H2,15,17). The van der Waals surface area contributed by atoms with Gasteiger partial charge in [0.05, 0.1) is 11.3 Å². The van der Waals surface area contributed by atoms with Gasteiger partial charge in [-0.05, 0) is 43.0 Å². The number of anilines is 1. The molecule has 3 rings (SSSR count). The molecule has 1 fully saturated rings. The van der Waals surface area contributed by atoms with E-state index in [-0.39, 0.29) is 5.84 Å². The van der Waals surface area contributed by atoms with Gasteiger partial charge in [0, 0.05) is 6.04 Å². The van der Waals surface area contributed by atoms with Crippen LogP contribution < -0.4 is 15.2 Å². The molecule has 3 N–H and O–H groups in total. The second-order valence-electron chi connectivity index (χ2n) is 5.45. The normalized spacial score (nSPS) is 25.7. The summed E-state index contributed by atoms with van der Waals surface area (Å²) in [5.41, 5.74) is 7.31. The maximum atomic E-state index is 11.5. The number of amidine groups is 1. The molecule has 0 saturated carbocycles. The Morgan fingerprint density at radius 2 is 2.38 bits per heavy atom. The molecule has 2 aliphatic rings. The van der Waals surface area contributed by atoms with Crippen molar-refractivity contribution < 1.29 is 9.29 Å². The molecule has 1 saturated heterocycles. The van der Waals surface area contributed by atoms with Gasteiger partial charge in [0.1, 0.15) is 12.4 Å². The van der Waals surface area contributed by atoms with Crippen molar-refractivity contribution in [3.8, 4) is 5.75 Å². The van der Waals surface area contributed by atoms with Gasteiger partial charge in [0.2, 0.25) is 11.5 Å². The summed E-state index contributed by atoms with van der Waals surface area (Å²) in [5, 5.41) is 0. The van der Waals surface area contributed by atoms with Crippen LogP contribution in [0.3, 0.4) is 0 Å². The summed E-state index contributed by atoms with van der Waals surface area (Å²) in [4.78, 5) is 2.34. The molecular weight excluding hydrogens is 288 g/mol. The molecule has 0 amide bonds. The van der Waals surface area contributed by atoms with Crippen molar-refractivity contribution in [2.24, 2.45) is 10.1 Å². The largest absolute Gasteiger partial charge is 0.566 e. The summed E-state index contributed by atoms with van der Waals surface area (Å²) in [6, 6.07) is 5.99. The Morgan fingerprint density at radius 1 is 1.52 bits per heavy atom. The fraction of sp³-hybridized carbons (Fsp3) is 0.500. The van der Waals surface area contributed by atoms with Gasteiger partial charge in [-0.25, -0.2) is 0 Å². The van der Waals surface area contributed by atoms with Gasteiger partial charge in [-0.3, -0.25) is 0 Å². The van der Waals surface area contributed by atoms with Crippen molar-refractivity contribution in [1.82, 2.24) is 4.90 Å². The van der Waals surface area contributed by atoms with Crippen molar-refractivity contribution in [1.29, 1.82) is 0 Å². The van der Waals surface area contributed by atoms with Crippen LogP contribution in [0, 0.1) is 0 Å². The number of hydrogen-bond donors (Lipinski definition) is 2. The number of nitrogens with two attached hydrogens (primary N) is 1. The number of rotatable bonds is 3. The van der Waals surface area contributed by atoms with Gasteiger partial charge in [-0.15, -0.1) is 0 Å². The third kappa shape index (κ3) is 3.09. The van der Waals surface area contributed by atoms with Gasteiger partial charge >= 0.3 is 0 Å². The molecule has 0 radical (unpaired) electrons.